The number of esters is 1. The third kappa shape index (κ3) is 4.33. The van der Waals surface area contributed by atoms with Crippen molar-refractivity contribution < 1.29 is 18.5 Å². The molecule has 3 heterocycles. The number of nitrogens with one attached hydrogen (secondary N) is 2. The van der Waals surface area contributed by atoms with Gasteiger partial charge in [-0.3, -0.25) is 10.2 Å². The Morgan fingerprint density at radius 1 is 1.41 bits per heavy atom. The second-order valence-electron chi connectivity index (χ2n) is 7.42. The summed E-state index contributed by atoms with van der Waals surface area (Å²) >= 11 is 6.51. The molecule has 0 radical (unpaired) electrons. The Kier molecular flexibility index (Phi) is 6.17. The van der Waals surface area contributed by atoms with Crippen LogP contribution < -0.4 is 5.32 Å². The van der Waals surface area contributed by atoms with Crippen LogP contribution in [0.25, 0.3) is 22.2 Å². The van der Waals surface area contributed by atoms with Crippen molar-refractivity contribution in [2.24, 2.45) is 0 Å². The SMILES string of the molecule is COC(=O)Cc1ccc(-c2nnc(-c3cc(Cl)c([C@]4(C)C[S+]([O-])N(C)C(=N)N4)s3)o2)cc1. The van der Waals surface area contributed by atoms with Crippen molar-refractivity contribution >= 4 is 46.2 Å². The molecule has 1 unspecified atom stereocenters. The van der Waals surface area contributed by atoms with Gasteiger partial charge in [0.25, 0.3) is 5.89 Å². The first kappa shape index (κ1) is 22.6. The first-order valence-corrected chi connectivity index (χ1v) is 12.0. The van der Waals surface area contributed by atoms with Crippen molar-refractivity contribution in [2.75, 3.05) is 19.9 Å². The van der Waals surface area contributed by atoms with E-state index >= 15 is 0 Å². The molecule has 1 aromatic carbocycles. The molecule has 0 amide bonds. The molecule has 2 aromatic heterocycles. The zero-order valence-electron chi connectivity index (χ0n) is 17.5. The van der Waals surface area contributed by atoms with Crippen molar-refractivity contribution in [2.45, 2.75) is 18.9 Å². The summed E-state index contributed by atoms with van der Waals surface area (Å²) in [4.78, 5) is 12.8. The zero-order chi connectivity index (χ0) is 23.0. The number of carbonyl (C=O) groups excluding carboxylic acids is 1. The maximum Gasteiger partial charge on any atom is 0.309 e. The predicted molar refractivity (Wildman–Crippen MR) is 123 cm³/mol. The number of nitrogens with zero attached hydrogens (tertiary/aromatic N) is 3. The third-order valence-corrected chi connectivity index (χ3v) is 8.44. The maximum absolute atomic E-state index is 12.4. The van der Waals surface area contributed by atoms with E-state index in [2.05, 4.69) is 20.3 Å². The number of thiophene rings is 1. The molecule has 1 aliphatic heterocycles. The number of rotatable bonds is 5. The Balaban J connectivity index is 1.57. The van der Waals surface area contributed by atoms with Crippen LogP contribution in [0.3, 0.4) is 0 Å². The molecule has 0 saturated carbocycles. The molecule has 0 aliphatic carbocycles. The van der Waals surface area contributed by atoms with Gasteiger partial charge in [-0.25, -0.2) is 0 Å². The quantitative estimate of drug-likeness (QED) is 0.409. The molecule has 2 N–H and O–H groups in total. The van der Waals surface area contributed by atoms with Gasteiger partial charge in [0.1, 0.15) is 5.54 Å². The van der Waals surface area contributed by atoms with Crippen LogP contribution in [0, 0.1) is 5.41 Å². The second-order valence-corrected chi connectivity index (χ2v) is 10.4. The van der Waals surface area contributed by atoms with Crippen LogP contribution in [0.2, 0.25) is 5.02 Å². The minimum Gasteiger partial charge on any atom is -0.593 e. The average Bonchev–Trinajstić information content (AvgIpc) is 3.40. The van der Waals surface area contributed by atoms with E-state index in [4.69, 9.17) is 21.4 Å². The van der Waals surface area contributed by atoms with Gasteiger partial charge >= 0.3 is 5.97 Å². The van der Waals surface area contributed by atoms with Gasteiger partial charge in [-0.1, -0.05) is 23.7 Å². The molecule has 1 fully saturated rings. The van der Waals surface area contributed by atoms with E-state index in [1.54, 1.807) is 37.4 Å². The fourth-order valence-corrected chi connectivity index (χ4v) is 6.05. The van der Waals surface area contributed by atoms with Gasteiger partial charge in [-0.2, -0.15) is 4.31 Å². The lowest BCUT2D eigenvalue weighted by molar-refractivity contribution is -0.139. The monoisotopic (exact) mass is 493 g/mol. The normalized spacial score (nSPS) is 20.8. The topological polar surface area (TPSA) is 127 Å². The molecule has 168 valence electrons. The van der Waals surface area contributed by atoms with Gasteiger partial charge in [0.05, 0.1) is 46.7 Å². The number of halogens is 1. The van der Waals surface area contributed by atoms with Gasteiger partial charge in [0, 0.05) is 5.56 Å². The molecule has 2 atom stereocenters. The van der Waals surface area contributed by atoms with Gasteiger partial charge in [0.2, 0.25) is 11.9 Å². The Bertz CT molecular complexity index is 1170. The summed E-state index contributed by atoms with van der Waals surface area (Å²) in [7, 11) is 2.96. The Hall–Kier alpha value is -2.60. The molecular weight excluding hydrogens is 474 g/mol. The summed E-state index contributed by atoms with van der Waals surface area (Å²) in [6.07, 6.45) is 0.188. The Morgan fingerprint density at radius 3 is 2.75 bits per heavy atom. The summed E-state index contributed by atoms with van der Waals surface area (Å²) in [6.45, 7) is 1.86. The van der Waals surface area contributed by atoms with E-state index in [9.17, 15) is 9.35 Å². The molecular formula is C20H20ClN5O4S2. The Labute approximate surface area is 196 Å². The lowest BCUT2D eigenvalue weighted by atomic mass is 10.0. The summed E-state index contributed by atoms with van der Waals surface area (Å²) < 4.78 is 24.3. The van der Waals surface area contributed by atoms with Crippen molar-refractivity contribution in [3.05, 3.63) is 45.8 Å². The van der Waals surface area contributed by atoms with E-state index in [-0.39, 0.29) is 24.1 Å². The number of hydrogen-bond acceptors (Lipinski definition) is 8. The van der Waals surface area contributed by atoms with Gasteiger partial charge in [0.15, 0.2) is 5.75 Å². The number of carbonyl (C=O) groups is 1. The standard InChI is InChI=1S/C20H20ClN5O4S2/c1-20(10-32(28)26(2)19(22)23-20)16-13(21)9-14(31-16)18-25-24-17(30-18)12-6-4-11(5-7-12)8-15(27)29-3/h4-7,9H,8,10H2,1-3H3,(H2,22,23)/t20-,32?/m0/s1. The van der Waals surface area contributed by atoms with Gasteiger partial charge in [-0.15, -0.1) is 21.5 Å². The molecule has 12 heteroatoms. The highest BCUT2D eigenvalue weighted by Crippen LogP contribution is 2.42. The number of aromatic nitrogens is 2. The first-order chi connectivity index (χ1) is 15.2. The molecule has 1 saturated heterocycles. The maximum atomic E-state index is 12.4. The average molecular weight is 494 g/mol. The van der Waals surface area contributed by atoms with Crippen LogP contribution in [-0.2, 0) is 32.9 Å². The lowest BCUT2D eigenvalue weighted by Crippen LogP contribution is -2.60. The van der Waals surface area contributed by atoms with Crippen LogP contribution in [0.1, 0.15) is 17.4 Å². The molecule has 3 aromatic rings. The molecule has 1 aliphatic rings. The summed E-state index contributed by atoms with van der Waals surface area (Å²) in [5.41, 5.74) is 0.775. The van der Waals surface area contributed by atoms with Crippen LogP contribution in [0.5, 0.6) is 0 Å². The van der Waals surface area contributed by atoms with E-state index < -0.39 is 16.9 Å². The second kappa shape index (κ2) is 8.74. The van der Waals surface area contributed by atoms with Crippen LogP contribution >= 0.6 is 22.9 Å². The number of methoxy groups -OCH3 is 1. The highest BCUT2D eigenvalue weighted by molar-refractivity contribution is 7.89. The lowest BCUT2D eigenvalue weighted by Gasteiger charge is -2.39. The van der Waals surface area contributed by atoms with E-state index in [0.717, 1.165) is 10.4 Å². The fourth-order valence-electron chi connectivity index (χ4n) is 3.24. The zero-order valence-corrected chi connectivity index (χ0v) is 19.9. The Morgan fingerprint density at radius 2 is 2.09 bits per heavy atom. The van der Waals surface area contributed by atoms with E-state index in [1.165, 1.54) is 22.8 Å². The molecule has 0 bridgehead atoms. The highest BCUT2D eigenvalue weighted by Gasteiger charge is 2.44. The van der Waals surface area contributed by atoms with Crippen molar-refractivity contribution in [3.63, 3.8) is 0 Å². The summed E-state index contributed by atoms with van der Waals surface area (Å²) in [5.74, 6) is 0.680. The largest absolute Gasteiger partial charge is 0.593 e. The van der Waals surface area contributed by atoms with Gasteiger partial charge in [-0.05, 0) is 30.7 Å². The first-order valence-electron chi connectivity index (χ1n) is 9.49. The van der Waals surface area contributed by atoms with Crippen LogP contribution in [0.4, 0.5) is 0 Å². The minimum atomic E-state index is -1.34. The molecule has 32 heavy (non-hydrogen) atoms. The molecule has 4 rings (SSSR count). The van der Waals surface area contributed by atoms with Crippen molar-refractivity contribution in [1.82, 2.24) is 19.8 Å². The molecule has 9 nitrogen and oxygen atoms in total. The molecule has 0 spiro atoms. The minimum absolute atomic E-state index is 0.0684. The predicted octanol–water partition coefficient (Wildman–Crippen LogP) is 3.18. The summed E-state index contributed by atoms with van der Waals surface area (Å²) in [5, 5.41) is 19.9. The third-order valence-electron chi connectivity index (χ3n) is 5.03. The van der Waals surface area contributed by atoms with Crippen LogP contribution in [0.15, 0.2) is 34.7 Å². The number of benzene rings is 1. The van der Waals surface area contributed by atoms with E-state index in [1.807, 2.05) is 6.92 Å². The number of hydrogen-bond donors (Lipinski definition) is 2. The summed E-state index contributed by atoms with van der Waals surface area (Å²) in [6, 6.07) is 8.94. The van der Waals surface area contributed by atoms with Gasteiger partial charge < -0.3 is 19.0 Å². The highest BCUT2D eigenvalue weighted by atomic mass is 35.5. The number of ether oxygens (including phenoxy) is 1. The van der Waals surface area contributed by atoms with E-state index in [0.29, 0.717) is 27.2 Å². The van der Waals surface area contributed by atoms with Crippen molar-refractivity contribution in [3.8, 4) is 22.2 Å². The fraction of sp³-hybridized carbons (Fsp3) is 0.300. The smallest absolute Gasteiger partial charge is 0.309 e. The van der Waals surface area contributed by atoms with Crippen LogP contribution in [-0.4, -0.2) is 50.9 Å². The number of guanidine groups is 1. The van der Waals surface area contributed by atoms with Crippen molar-refractivity contribution in [1.29, 1.82) is 5.41 Å².